The summed E-state index contributed by atoms with van der Waals surface area (Å²) in [7, 11) is 0. The molecule has 0 saturated heterocycles. The van der Waals surface area contributed by atoms with Crippen LogP contribution in [0.15, 0.2) is 0 Å². The molecule has 2 unspecified atom stereocenters. The van der Waals surface area contributed by atoms with Crippen molar-refractivity contribution in [3.63, 3.8) is 0 Å². The normalized spacial score (nSPS) is 26.5. The van der Waals surface area contributed by atoms with Crippen LogP contribution in [0.5, 0.6) is 0 Å². The lowest BCUT2D eigenvalue weighted by Crippen LogP contribution is -2.48. The molecule has 1 fully saturated rings. The Hall–Kier alpha value is -0.0800. The summed E-state index contributed by atoms with van der Waals surface area (Å²) in [4.78, 5) is 0. The van der Waals surface area contributed by atoms with Crippen LogP contribution in [-0.4, -0.2) is 23.3 Å². The lowest BCUT2D eigenvalue weighted by atomic mass is 9.77. The number of aliphatic hydroxyl groups is 1. The maximum absolute atomic E-state index is 10.3. The van der Waals surface area contributed by atoms with Gasteiger partial charge in [-0.1, -0.05) is 40.5 Å². The minimum atomic E-state index is -0.501. The average Bonchev–Trinajstić information content (AvgIpc) is 2.36. The molecule has 0 heterocycles. The van der Waals surface area contributed by atoms with E-state index in [1.165, 1.54) is 25.7 Å². The third-order valence-electron chi connectivity index (χ3n) is 4.69. The van der Waals surface area contributed by atoms with Gasteiger partial charge in [0, 0.05) is 12.6 Å². The number of hydrogen-bond acceptors (Lipinski definition) is 2. The average molecular weight is 241 g/mol. The molecule has 2 nitrogen and oxygen atoms in total. The summed E-state index contributed by atoms with van der Waals surface area (Å²) in [6, 6.07) is 0.619. The zero-order chi connectivity index (χ0) is 12.9. The van der Waals surface area contributed by atoms with Crippen molar-refractivity contribution >= 4 is 0 Å². The molecular formula is C15H31NO. The van der Waals surface area contributed by atoms with E-state index in [4.69, 9.17) is 0 Å². The van der Waals surface area contributed by atoms with Crippen LogP contribution in [0.2, 0.25) is 0 Å². The van der Waals surface area contributed by atoms with E-state index < -0.39 is 5.60 Å². The van der Waals surface area contributed by atoms with Crippen LogP contribution in [0.1, 0.15) is 66.2 Å². The Morgan fingerprint density at radius 2 is 1.76 bits per heavy atom. The first-order valence-corrected chi connectivity index (χ1v) is 7.48. The largest absolute Gasteiger partial charge is 0.389 e. The van der Waals surface area contributed by atoms with Gasteiger partial charge in [-0.05, 0) is 37.5 Å². The van der Waals surface area contributed by atoms with Crippen molar-refractivity contribution in [1.82, 2.24) is 5.32 Å². The minimum Gasteiger partial charge on any atom is -0.389 e. The first-order valence-electron chi connectivity index (χ1n) is 7.48. The molecule has 1 rings (SSSR count). The van der Waals surface area contributed by atoms with Crippen LogP contribution in [0, 0.1) is 11.8 Å². The summed E-state index contributed by atoms with van der Waals surface area (Å²) in [5.74, 6) is 1.55. The Kier molecular flexibility index (Phi) is 5.94. The van der Waals surface area contributed by atoms with Gasteiger partial charge in [0.2, 0.25) is 0 Å². The predicted molar refractivity (Wildman–Crippen MR) is 74.1 cm³/mol. The van der Waals surface area contributed by atoms with Gasteiger partial charge < -0.3 is 10.4 Å². The van der Waals surface area contributed by atoms with Gasteiger partial charge in [-0.25, -0.2) is 0 Å². The molecule has 1 aliphatic carbocycles. The van der Waals surface area contributed by atoms with Crippen LogP contribution in [0.4, 0.5) is 0 Å². The second kappa shape index (κ2) is 6.75. The highest BCUT2D eigenvalue weighted by Crippen LogP contribution is 2.30. The van der Waals surface area contributed by atoms with Crippen molar-refractivity contribution in [2.45, 2.75) is 77.9 Å². The van der Waals surface area contributed by atoms with Crippen LogP contribution in [0.25, 0.3) is 0 Å². The molecule has 0 radical (unpaired) electrons. The van der Waals surface area contributed by atoms with Crippen molar-refractivity contribution in [3.8, 4) is 0 Å². The molecule has 0 aromatic rings. The molecule has 2 N–H and O–H groups in total. The van der Waals surface area contributed by atoms with Gasteiger partial charge >= 0.3 is 0 Å². The Balaban J connectivity index is 2.48. The fourth-order valence-corrected chi connectivity index (χ4v) is 3.03. The standard InChI is InChI=1S/C15H31NO/c1-5-15(17,6-2)11-16-14-10-8-7-9-13(14)12(3)4/h12-14,16-17H,5-11H2,1-4H3. The Morgan fingerprint density at radius 1 is 1.18 bits per heavy atom. The molecule has 0 spiro atoms. The molecular weight excluding hydrogens is 210 g/mol. The van der Waals surface area contributed by atoms with Crippen molar-refractivity contribution in [2.24, 2.45) is 11.8 Å². The first-order chi connectivity index (χ1) is 8.02. The van der Waals surface area contributed by atoms with Gasteiger partial charge in [-0.3, -0.25) is 0 Å². The van der Waals surface area contributed by atoms with Gasteiger partial charge in [0.15, 0.2) is 0 Å². The van der Waals surface area contributed by atoms with E-state index in [1.807, 2.05) is 0 Å². The predicted octanol–water partition coefficient (Wildman–Crippen LogP) is 3.34. The molecule has 1 aliphatic rings. The zero-order valence-corrected chi connectivity index (χ0v) is 12.1. The van der Waals surface area contributed by atoms with Crippen molar-refractivity contribution in [2.75, 3.05) is 6.54 Å². The molecule has 2 heteroatoms. The Morgan fingerprint density at radius 3 is 2.29 bits per heavy atom. The van der Waals surface area contributed by atoms with Crippen molar-refractivity contribution in [3.05, 3.63) is 0 Å². The monoisotopic (exact) mass is 241 g/mol. The minimum absolute atomic E-state index is 0.501. The third-order valence-corrected chi connectivity index (χ3v) is 4.69. The SMILES string of the molecule is CCC(O)(CC)CNC1CCCCC1C(C)C. The Labute approximate surface area is 107 Å². The van der Waals surface area contributed by atoms with E-state index in [-0.39, 0.29) is 0 Å². The second-order valence-corrected chi connectivity index (χ2v) is 6.11. The quantitative estimate of drug-likeness (QED) is 0.747. The smallest absolute Gasteiger partial charge is 0.0766 e. The van der Waals surface area contributed by atoms with E-state index in [1.54, 1.807) is 0 Å². The van der Waals surface area contributed by atoms with Gasteiger partial charge in [0.1, 0.15) is 0 Å². The topological polar surface area (TPSA) is 32.3 Å². The van der Waals surface area contributed by atoms with E-state index in [0.29, 0.717) is 6.04 Å². The van der Waals surface area contributed by atoms with Crippen LogP contribution < -0.4 is 5.32 Å². The fraction of sp³-hybridized carbons (Fsp3) is 1.00. The van der Waals surface area contributed by atoms with E-state index in [2.05, 4.69) is 33.0 Å². The maximum atomic E-state index is 10.3. The van der Waals surface area contributed by atoms with Crippen LogP contribution >= 0.6 is 0 Å². The van der Waals surface area contributed by atoms with E-state index in [9.17, 15) is 5.11 Å². The summed E-state index contributed by atoms with van der Waals surface area (Å²) >= 11 is 0. The molecule has 1 saturated carbocycles. The molecule has 0 amide bonds. The van der Waals surface area contributed by atoms with Crippen LogP contribution in [0.3, 0.4) is 0 Å². The molecule has 2 atom stereocenters. The molecule has 17 heavy (non-hydrogen) atoms. The molecule has 0 aromatic heterocycles. The maximum Gasteiger partial charge on any atom is 0.0766 e. The third kappa shape index (κ3) is 4.26. The summed E-state index contributed by atoms with van der Waals surface area (Å²) in [6.07, 6.45) is 7.05. The highest BCUT2D eigenvalue weighted by molar-refractivity contribution is 4.86. The van der Waals surface area contributed by atoms with Gasteiger partial charge in [0.25, 0.3) is 0 Å². The molecule has 0 bridgehead atoms. The van der Waals surface area contributed by atoms with Crippen molar-refractivity contribution in [1.29, 1.82) is 0 Å². The fourth-order valence-electron chi connectivity index (χ4n) is 3.03. The summed E-state index contributed by atoms with van der Waals surface area (Å²) in [6.45, 7) is 9.57. The number of rotatable bonds is 6. The van der Waals surface area contributed by atoms with E-state index >= 15 is 0 Å². The lowest BCUT2D eigenvalue weighted by molar-refractivity contribution is 0.0244. The van der Waals surface area contributed by atoms with Gasteiger partial charge in [-0.2, -0.15) is 0 Å². The zero-order valence-electron chi connectivity index (χ0n) is 12.1. The first kappa shape index (κ1) is 15.0. The number of nitrogens with one attached hydrogen (secondary N) is 1. The summed E-state index contributed by atoms with van der Waals surface area (Å²) < 4.78 is 0. The van der Waals surface area contributed by atoms with Gasteiger partial charge in [0.05, 0.1) is 5.60 Å². The van der Waals surface area contributed by atoms with Crippen LogP contribution in [-0.2, 0) is 0 Å². The number of hydrogen-bond donors (Lipinski definition) is 2. The van der Waals surface area contributed by atoms with E-state index in [0.717, 1.165) is 31.2 Å². The van der Waals surface area contributed by atoms with Gasteiger partial charge in [-0.15, -0.1) is 0 Å². The second-order valence-electron chi connectivity index (χ2n) is 6.11. The highest BCUT2D eigenvalue weighted by atomic mass is 16.3. The highest BCUT2D eigenvalue weighted by Gasteiger charge is 2.30. The molecule has 0 aromatic carbocycles. The Bertz CT molecular complexity index is 211. The summed E-state index contributed by atoms with van der Waals surface area (Å²) in [5, 5.41) is 14.0. The van der Waals surface area contributed by atoms with Crippen molar-refractivity contribution < 1.29 is 5.11 Å². The molecule has 0 aliphatic heterocycles. The lowest BCUT2D eigenvalue weighted by Gasteiger charge is -2.37. The molecule has 102 valence electrons. The summed E-state index contributed by atoms with van der Waals surface area (Å²) in [5.41, 5.74) is -0.501.